The first-order chi connectivity index (χ1) is 8.67. The van der Waals surface area contributed by atoms with E-state index in [2.05, 4.69) is 13.0 Å². The van der Waals surface area contributed by atoms with E-state index < -0.39 is 6.10 Å². The molecule has 1 rings (SSSR count). The summed E-state index contributed by atoms with van der Waals surface area (Å²) in [5, 5.41) is 18.0. The summed E-state index contributed by atoms with van der Waals surface area (Å²) in [4.78, 5) is 1.94. The molecule has 0 aliphatic rings. The van der Waals surface area contributed by atoms with Crippen LogP contribution in [0.4, 0.5) is 0 Å². The van der Waals surface area contributed by atoms with Gasteiger partial charge in [0.25, 0.3) is 0 Å². The molecule has 2 N–H and O–H groups in total. The van der Waals surface area contributed by atoms with Crippen LogP contribution in [0.1, 0.15) is 12.5 Å². The maximum atomic E-state index is 9.29. The second-order valence-electron chi connectivity index (χ2n) is 4.41. The summed E-state index contributed by atoms with van der Waals surface area (Å²) in [6.45, 7) is 3.64. The first kappa shape index (κ1) is 15.0. The summed E-state index contributed by atoms with van der Waals surface area (Å²) >= 11 is 0. The van der Waals surface area contributed by atoms with Gasteiger partial charge >= 0.3 is 0 Å². The minimum atomic E-state index is -0.682. The van der Waals surface area contributed by atoms with Crippen molar-refractivity contribution in [3.63, 3.8) is 0 Å². The number of hydrogen-bond acceptors (Lipinski definition) is 4. The summed E-state index contributed by atoms with van der Waals surface area (Å²) in [5.74, 6) is 0.927. The van der Waals surface area contributed by atoms with Crippen LogP contribution < -0.4 is 4.74 Å². The Hall–Kier alpha value is -1.10. The van der Waals surface area contributed by atoms with Crippen molar-refractivity contribution in [3.8, 4) is 5.75 Å². The lowest BCUT2D eigenvalue weighted by Crippen LogP contribution is -2.34. The van der Waals surface area contributed by atoms with Gasteiger partial charge in [-0.1, -0.05) is 25.1 Å². The van der Waals surface area contributed by atoms with E-state index in [1.807, 2.05) is 30.1 Å². The van der Waals surface area contributed by atoms with Gasteiger partial charge in [0.2, 0.25) is 0 Å². The average molecular weight is 253 g/mol. The van der Waals surface area contributed by atoms with E-state index in [4.69, 9.17) is 9.84 Å². The second kappa shape index (κ2) is 8.08. The number of nitrogens with zero attached hydrogens (tertiary/aromatic N) is 1. The molecule has 4 nitrogen and oxygen atoms in total. The Bertz CT molecular complexity index is 344. The summed E-state index contributed by atoms with van der Waals surface area (Å²) < 4.78 is 5.73. The van der Waals surface area contributed by atoms with Crippen molar-refractivity contribution in [2.24, 2.45) is 0 Å². The zero-order valence-electron chi connectivity index (χ0n) is 11.2. The van der Waals surface area contributed by atoms with Crippen molar-refractivity contribution in [1.82, 2.24) is 4.90 Å². The molecule has 0 aromatic heterocycles. The monoisotopic (exact) mass is 253 g/mol. The molecule has 4 heteroatoms. The molecule has 1 aromatic carbocycles. The van der Waals surface area contributed by atoms with Crippen molar-refractivity contribution in [2.45, 2.75) is 19.4 Å². The molecule has 1 atom stereocenters. The molecule has 0 spiro atoms. The smallest absolute Gasteiger partial charge is 0.122 e. The van der Waals surface area contributed by atoms with Crippen LogP contribution >= 0.6 is 0 Å². The largest absolute Gasteiger partial charge is 0.492 e. The summed E-state index contributed by atoms with van der Waals surface area (Å²) in [5.41, 5.74) is 1.20. The van der Waals surface area contributed by atoms with Gasteiger partial charge in [0.05, 0.1) is 12.7 Å². The van der Waals surface area contributed by atoms with Gasteiger partial charge in [0, 0.05) is 13.1 Å². The van der Waals surface area contributed by atoms with Crippen molar-refractivity contribution in [3.05, 3.63) is 29.8 Å². The minimum Gasteiger partial charge on any atom is -0.492 e. The average Bonchev–Trinajstić information content (AvgIpc) is 2.39. The van der Waals surface area contributed by atoms with Crippen molar-refractivity contribution >= 4 is 0 Å². The fraction of sp³-hybridized carbons (Fsp3) is 0.571. The number of aliphatic hydroxyl groups is 2. The highest BCUT2D eigenvalue weighted by Gasteiger charge is 2.07. The molecule has 0 amide bonds. The molecule has 0 radical (unpaired) electrons. The number of benzene rings is 1. The summed E-state index contributed by atoms with van der Waals surface area (Å²) in [7, 11) is 1.90. The maximum absolute atomic E-state index is 9.29. The van der Waals surface area contributed by atoms with Crippen LogP contribution in [0.15, 0.2) is 24.3 Å². The quantitative estimate of drug-likeness (QED) is 0.723. The highest BCUT2D eigenvalue weighted by Crippen LogP contribution is 2.17. The van der Waals surface area contributed by atoms with Crippen molar-refractivity contribution < 1.29 is 14.9 Å². The number of ether oxygens (including phenoxy) is 1. The summed E-state index contributed by atoms with van der Waals surface area (Å²) in [6.07, 6.45) is 0.271. The number of aryl methyl sites for hydroxylation is 1. The van der Waals surface area contributed by atoms with Crippen LogP contribution in [0.3, 0.4) is 0 Å². The number of rotatable bonds is 8. The molecular weight excluding hydrogens is 230 g/mol. The van der Waals surface area contributed by atoms with Crippen LogP contribution in [0.25, 0.3) is 0 Å². The Morgan fingerprint density at radius 1 is 1.33 bits per heavy atom. The van der Waals surface area contributed by atoms with E-state index >= 15 is 0 Å². The van der Waals surface area contributed by atoms with E-state index in [9.17, 15) is 5.11 Å². The maximum Gasteiger partial charge on any atom is 0.122 e. The van der Waals surface area contributed by atoms with E-state index in [0.717, 1.165) is 18.7 Å². The lowest BCUT2D eigenvalue weighted by atomic mass is 10.1. The molecule has 1 aromatic rings. The van der Waals surface area contributed by atoms with E-state index in [1.165, 1.54) is 5.56 Å². The number of hydrogen-bond donors (Lipinski definition) is 2. The van der Waals surface area contributed by atoms with Gasteiger partial charge in [-0.25, -0.2) is 0 Å². The fourth-order valence-corrected chi connectivity index (χ4v) is 1.76. The van der Waals surface area contributed by atoms with Crippen molar-refractivity contribution in [2.75, 3.05) is 33.4 Å². The van der Waals surface area contributed by atoms with Crippen LogP contribution in [-0.2, 0) is 6.42 Å². The van der Waals surface area contributed by atoms with Gasteiger partial charge in [-0.2, -0.15) is 0 Å². The van der Waals surface area contributed by atoms with Gasteiger partial charge in [0.1, 0.15) is 12.4 Å². The Balaban J connectivity index is 2.32. The Labute approximate surface area is 109 Å². The molecule has 0 saturated carbocycles. The minimum absolute atomic E-state index is 0.204. The third-order valence-electron chi connectivity index (χ3n) is 2.82. The summed E-state index contributed by atoms with van der Waals surface area (Å²) in [6, 6.07) is 8.01. The first-order valence-electron chi connectivity index (χ1n) is 6.35. The van der Waals surface area contributed by atoms with Crippen LogP contribution in [0.5, 0.6) is 5.75 Å². The van der Waals surface area contributed by atoms with E-state index in [0.29, 0.717) is 13.2 Å². The van der Waals surface area contributed by atoms with Gasteiger partial charge in [-0.15, -0.1) is 0 Å². The lowest BCUT2D eigenvalue weighted by Gasteiger charge is -2.19. The molecule has 0 saturated heterocycles. The third kappa shape index (κ3) is 5.04. The van der Waals surface area contributed by atoms with Gasteiger partial charge in [0.15, 0.2) is 0 Å². The molecule has 18 heavy (non-hydrogen) atoms. The number of likely N-dealkylation sites (N-methyl/N-ethyl adjacent to an activating group) is 1. The van der Waals surface area contributed by atoms with Gasteiger partial charge in [-0.05, 0) is 25.1 Å². The standard InChI is InChI=1S/C14H23NO3/c1-3-12-6-4-5-7-14(12)18-9-8-15(2)10-13(17)11-16/h4-7,13,16-17H,3,8-11H2,1-2H3/t13-/m0/s1. The molecular formula is C14H23NO3. The molecule has 102 valence electrons. The SMILES string of the molecule is CCc1ccccc1OCCN(C)C[C@H](O)CO. The second-order valence-corrected chi connectivity index (χ2v) is 4.41. The molecule has 0 aliphatic heterocycles. The molecule has 0 heterocycles. The van der Waals surface area contributed by atoms with E-state index in [-0.39, 0.29) is 6.61 Å². The zero-order valence-corrected chi connectivity index (χ0v) is 11.2. The Morgan fingerprint density at radius 3 is 2.72 bits per heavy atom. The number of para-hydroxylation sites is 1. The highest BCUT2D eigenvalue weighted by atomic mass is 16.5. The van der Waals surface area contributed by atoms with Crippen LogP contribution in [0.2, 0.25) is 0 Å². The predicted octanol–water partition coefficient (Wildman–Crippen LogP) is 0.913. The lowest BCUT2D eigenvalue weighted by molar-refractivity contribution is 0.0630. The predicted molar refractivity (Wildman–Crippen MR) is 71.9 cm³/mol. The normalized spacial score (nSPS) is 12.7. The molecule has 0 bridgehead atoms. The third-order valence-corrected chi connectivity index (χ3v) is 2.82. The highest BCUT2D eigenvalue weighted by molar-refractivity contribution is 5.33. The molecule has 0 fully saturated rings. The first-order valence-corrected chi connectivity index (χ1v) is 6.35. The van der Waals surface area contributed by atoms with Crippen molar-refractivity contribution in [1.29, 1.82) is 0 Å². The molecule has 0 unspecified atom stereocenters. The van der Waals surface area contributed by atoms with E-state index in [1.54, 1.807) is 0 Å². The fourth-order valence-electron chi connectivity index (χ4n) is 1.76. The topological polar surface area (TPSA) is 52.9 Å². The molecule has 0 aliphatic carbocycles. The Kier molecular flexibility index (Phi) is 6.72. The van der Waals surface area contributed by atoms with Gasteiger partial charge in [-0.3, -0.25) is 0 Å². The van der Waals surface area contributed by atoms with Crippen LogP contribution in [-0.4, -0.2) is 54.6 Å². The van der Waals surface area contributed by atoms with Crippen LogP contribution in [0, 0.1) is 0 Å². The Morgan fingerprint density at radius 2 is 2.06 bits per heavy atom. The number of aliphatic hydroxyl groups excluding tert-OH is 2. The zero-order chi connectivity index (χ0) is 13.4. The van der Waals surface area contributed by atoms with Gasteiger partial charge < -0.3 is 19.8 Å².